The Kier molecular flexibility index (Phi) is 4.94. The molecule has 0 aliphatic rings. The standard InChI is InChI=1S/C13H18BrN5O/c1-3-19-13(20)12(14)11(8-17-19)15-6-4-5-10-7-16-18-9(10)2/h7-8,15H,3-6H2,1-2H3,(H,16,18). The number of nitrogens with one attached hydrogen (secondary N) is 2. The molecule has 7 heteroatoms. The van der Waals surface area contributed by atoms with Gasteiger partial charge in [-0.3, -0.25) is 9.89 Å². The van der Waals surface area contributed by atoms with E-state index in [9.17, 15) is 4.79 Å². The highest BCUT2D eigenvalue weighted by Gasteiger charge is 2.07. The predicted molar refractivity (Wildman–Crippen MR) is 82.0 cm³/mol. The van der Waals surface area contributed by atoms with Crippen molar-refractivity contribution in [1.29, 1.82) is 0 Å². The van der Waals surface area contributed by atoms with Gasteiger partial charge in [-0.2, -0.15) is 10.2 Å². The molecule has 0 spiro atoms. The quantitative estimate of drug-likeness (QED) is 0.790. The molecule has 20 heavy (non-hydrogen) atoms. The molecule has 0 unspecified atom stereocenters. The second-order valence-electron chi connectivity index (χ2n) is 4.54. The van der Waals surface area contributed by atoms with E-state index in [4.69, 9.17) is 0 Å². The summed E-state index contributed by atoms with van der Waals surface area (Å²) in [5, 5.41) is 14.3. The fraction of sp³-hybridized carbons (Fsp3) is 0.462. The lowest BCUT2D eigenvalue weighted by molar-refractivity contribution is 0.612. The van der Waals surface area contributed by atoms with E-state index < -0.39 is 0 Å². The topological polar surface area (TPSA) is 75.6 Å². The van der Waals surface area contributed by atoms with E-state index in [1.807, 2.05) is 20.0 Å². The number of aromatic amines is 1. The molecule has 0 saturated heterocycles. The molecule has 0 aliphatic heterocycles. The van der Waals surface area contributed by atoms with Gasteiger partial charge in [0.25, 0.3) is 5.56 Å². The van der Waals surface area contributed by atoms with Gasteiger partial charge < -0.3 is 5.32 Å². The third-order valence-corrected chi connectivity index (χ3v) is 3.92. The zero-order valence-corrected chi connectivity index (χ0v) is 13.2. The SMILES string of the molecule is CCn1ncc(NCCCc2cn[nH]c2C)c(Br)c1=O. The van der Waals surface area contributed by atoms with Crippen molar-refractivity contribution in [3.05, 3.63) is 38.5 Å². The summed E-state index contributed by atoms with van der Waals surface area (Å²) in [4.78, 5) is 11.9. The fourth-order valence-corrected chi connectivity index (χ4v) is 2.39. The van der Waals surface area contributed by atoms with Gasteiger partial charge in [-0.15, -0.1) is 0 Å². The van der Waals surface area contributed by atoms with E-state index in [-0.39, 0.29) is 5.56 Å². The summed E-state index contributed by atoms with van der Waals surface area (Å²) < 4.78 is 1.96. The van der Waals surface area contributed by atoms with Crippen LogP contribution in [-0.4, -0.2) is 26.5 Å². The number of aromatic nitrogens is 4. The Balaban J connectivity index is 1.90. The number of anilines is 1. The van der Waals surface area contributed by atoms with Crippen LogP contribution in [0, 0.1) is 6.92 Å². The number of hydrogen-bond acceptors (Lipinski definition) is 4. The molecule has 0 radical (unpaired) electrons. The van der Waals surface area contributed by atoms with Crippen LogP contribution in [0.2, 0.25) is 0 Å². The van der Waals surface area contributed by atoms with E-state index in [0.717, 1.165) is 30.8 Å². The van der Waals surface area contributed by atoms with Crippen molar-refractivity contribution in [3.63, 3.8) is 0 Å². The van der Waals surface area contributed by atoms with Crippen LogP contribution < -0.4 is 10.9 Å². The van der Waals surface area contributed by atoms with Gasteiger partial charge in [0.1, 0.15) is 4.47 Å². The van der Waals surface area contributed by atoms with Crippen LogP contribution in [0.4, 0.5) is 5.69 Å². The molecular weight excluding hydrogens is 322 g/mol. The highest BCUT2D eigenvalue weighted by molar-refractivity contribution is 9.10. The van der Waals surface area contributed by atoms with Gasteiger partial charge in [0.05, 0.1) is 18.1 Å². The maximum absolute atomic E-state index is 11.9. The fourth-order valence-electron chi connectivity index (χ4n) is 1.94. The minimum atomic E-state index is -0.108. The Morgan fingerprint density at radius 3 is 2.90 bits per heavy atom. The highest BCUT2D eigenvalue weighted by atomic mass is 79.9. The third kappa shape index (κ3) is 3.27. The number of H-pyrrole nitrogens is 1. The first-order valence-corrected chi connectivity index (χ1v) is 7.41. The first-order chi connectivity index (χ1) is 9.63. The highest BCUT2D eigenvalue weighted by Crippen LogP contribution is 2.16. The van der Waals surface area contributed by atoms with Crippen LogP contribution in [0.25, 0.3) is 0 Å². The molecule has 0 aromatic carbocycles. The molecule has 0 bridgehead atoms. The summed E-state index contributed by atoms with van der Waals surface area (Å²) in [6.07, 6.45) is 5.45. The smallest absolute Gasteiger partial charge is 0.283 e. The van der Waals surface area contributed by atoms with Gasteiger partial charge in [-0.05, 0) is 48.2 Å². The Morgan fingerprint density at radius 2 is 2.25 bits per heavy atom. The normalized spacial score (nSPS) is 10.8. The maximum Gasteiger partial charge on any atom is 0.283 e. The first kappa shape index (κ1) is 14.8. The van der Waals surface area contributed by atoms with Gasteiger partial charge in [0, 0.05) is 18.8 Å². The van der Waals surface area contributed by atoms with Crippen molar-refractivity contribution in [3.8, 4) is 0 Å². The van der Waals surface area contributed by atoms with Crippen LogP contribution in [0.15, 0.2) is 21.7 Å². The summed E-state index contributed by atoms with van der Waals surface area (Å²) in [6.45, 7) is 5.25. The van der Waals surface area contributed by atoms with Crippen molar-refractivity contribution in [2.24, 2.45) is 0 Å². The minimum Gasteiger partial charge on any atom is -0.383 e. The van der Waals surface area contributed by atoms with Crippen LogP contribution in [0.1, 0.15) is 24.6 Å². The van der Waals surface area contributed by atoms with Crippen molar-refractivity contribution in [2.75, 3.05) is 11.9 Å². The predicted octanol–water partition coefficient (Wildman–Crippen LogP) is 2.10. The molecule has 2 heterocycles. The van der Waals surface area contributed by atoms with Crippen molar-refractivity contribution < 1.29 is 0 Å². The number of hydrogen-bond donors (Lipinski definition) is 2. The summed E-state index contributed by atoms with van der Waals surface area (Å²) in [5.74, 6) is 0. The number of nitrogens with zero attached hydrogens (tertiary/aromatic N) is 3. The molecule has 2 N–H and O–H groups in total. The molecular formula is C13H18BrN5O. The zero-order valence-electron chi connectivity index (χ0n) is 11.6. The number of halogens is 1. The summed E-state index contributed by atoms with van der Waals surface area (Å²) >= 11 is 3.32. The molecule has 0 aliphatic carbocycles. The van der Waals surface area contributed by atoms with Crippen molar-refractivity contribution in [2.45, 2.75) is 33.2 Å². The van der Waals surface area contributed by atoms with Gasteiger partial charge in [-0.25, -0.2) is 4.68 Å². The Labute approximate surface area is 125 Å². The Morgan fingerprint density at radius 1 is 1.45 bits per heavy atom. The van der Waals surface area contributed by atoms with Crippen LogP contribution >= 0.6 is 15.9 Å². The van der Waals surface area contributed by atoms with Crippen LogP contribution in [0.3, 0.4) is 0 Å². The number of rotatable bonds is 6. The molecule has 0 saturated carbocycles. The summed E-state index contributed by atoms with van der Waals surface area (Å²) in [7, 11) is 0. The van der Waals surface area contributed by atoms with E-state index in [0.29, 0.717) is 11.0 Å². The minimum absolute atomic E-state index is 0.108. The molecule has 2 aromatic heterocycles. The van der Waals surface area contributed by atoms with Gasteiger partial charge in [-0.1, -0.05) is 0 Å². The first-order valence-electron chi connectivity index (χ1n) is 6.61. The second-order valence-corrected chi connectivity index (χ2v) is 5.34. The van der Waals surface area contributed by atoms with Crippen LogP contribution in [0.5, 0.6) is 0 Å². The van der Waals surface area contributed by atoms with Gasteiger partial charge >= 0.3 is 0 Å². The lowest BCUT2D eigenvalue weighted by atomic mass is 10.1. The number of aryl methyl sites for hydroxylation is 3. The monoisotopic (exact) mass is 339 g/mol. The molecule has 2 aromatic rings. The average Bonchev–Trinajstić information content (AvgIpc) is 2.85. The third-order valence-electron chi connectivity index (χ3n) is 3.16. The molecule has 0 amide bonds. The summed E-state index contributed by atoms with van der Waals surface area (Å²) in [5.41, 5.74) is 2.97. The van der Waals surface area contributed by atoms with Crippen LogP contribution in [-0.2, 0) is 13.0 Å². The zero-order chi connectivity index (χ0) is 14.5. The van der Waals surface area contributed by atoms with E-state index >= 15 is 0 Å². The maximum atomic E-state index is 11.9. The van der Waals surface area contributed by atoms with E-state index in [1.165, 1.54) is 10.2 Å². The molecule has 0 fully saturated rings. The lowest BCUT2D eigenvalue weighted by Crippen LogP contribution is -2.23. The molecule has 108 valence electrons. The molecule has 2 rings (SSSR count). The summed E-state index contributed by atoms with van der Waals surface area (Å²) in [6, 6.07) is 0. The van der Waals surface area contributed by atoms with E-state index in [1.54, 1.807) is 6.20 Å². The average molecular weight is 340 g/mol. The van der Waals surface area contributed by atoms with E-state index in [2.05, 4.69) is 36.5 Å². The Bertz CT molecular complexity index is 634. The van der Waals surface area contributed by atoms with Crippen molar-refractivity contribution >= 4 is 21.6 Å². The van der Waals surface area contributed by atoms with Gasteiger partial charge in [0.2, 0.25) is 0 Å². The lowest BCUT2D eigenvalue weighted by Gasteiger charge is -2.09. The molecule has 6 nitrogen and oxygen atoms in total. The van der Waals surface area contributed by atoms with Gasteiger partial charge in [0.15, 0.2) is 0 Å². The largest absolute Gasteiger partial charge is 0.383 e. The Hall–Kier alpha value is -1.63. The van der Waals surface area contributed by atoms with Crippen molar-refractivity contribution in [1.82, 2.24) is 20.0 Å². The second kappa shape index (κ2) is 6.69. The molecule has 0 atom stereocenters.